The van der Waals surface area contributed by atoms with Crippen LogP contribution in [0.3, 0.4) is 0 Å². The molecule has 0 aliphatic rings. The van der Waals surface area contributed by atoms with Gasteiger partial charge in [-0.2, -0.15) is 0 Å². The molecule has 0 heterocycles. The standard InChI is InChI=1S/C10H12BrNO3/c1-7(13)9-6-8(4-5-11)2-3-10(9)12(14)15/h2-3,6-7,13H,4-5H2,1H3. The van der Waals surface area contributed by atoms with Crippen LogP contribution in [0.25, 0.3) is 0 Å². The second kappa shape index (κ2) is 5.23. The summed E-state index contributed by atoms with van der Waals surface area (Å²) in [6, 6.07) is 4.84. The molecule has 4 nitrogen and oxygen atoms in total. The zero-order valence-corrected chi connectivity index (χ0v) is 9.90. The summed E-state index contributed by atoms with van der Waals surface area (Å²) in [5, 5.41) is 20.9. The van der Waals surface area contributed by atoms with Crippen molar-refractivity contribution in [3.8, 4) is 0 Å². The van der Waals surface area contributed by atoms with Crippen LogP contribution in [-0.2, 0) is 6.42 Å². The van der Waals surface area contributed by atoms with Crippen LogP contribution in [0, 0.1) is 10.1 Å². The number of nitro groups is 1. The van der Waals surface area contributed by atoms with Crippen molar-refractivity contribution in [1.29, 1.82) is 0 Å². The fourth-order valence-corrected chi connectivity index (χ4v) is 1.83. The second-order valence-electron chi connectivity index (χ2n) is 3.27. The predicted molar refractivity (Wildman–Crippen MR) is 61.2 cm³/mol. The van der Waals surface area contributed by atoms with Gasteiger partial charge in [0, 0.05) is 11.4 Å². The van der Waals surface area contributed by atoms with E-state index in [2.05, 4.69) is 15.9 Å². The van der Waals surface area contributed by atoms with Gasteiger partial charge < -0.3 is 5.11 Å². The number of rotatable bonds is 4. The number of aliphatic hydroxyl groups excluding tert-OH is 1. The Bertz CT molecular complexity index is 366. The molecule has 1 N–H and O–H groups in total. The van der Waals surface area contributed by atoms with E-state index < -0.39 is 11.0 Å². The number of aryl methyl sites for hydroxylation is 1. The monoisotopic (exact) mass is 273 g/mol. The number of aliphatic hydroxyl groups is 1. The molecule has 0 amide bonds. The molecule has 0 bridgehead atoms. The lowest BCUT2D eigenvalue weighted by Crippen LogP contribution is -2.00. The highest BCUT2D eigenvalue weighted by molar-refractivity contribution is 9.09. The molecule has 1 atom stereocenters. The van der Waals surface area contributed by atoms with Gasteiger partial charge in [0.25, 0.3) is 5.69 Å². The third-order valence-corrected chi connectivity index (χ3v) is 2.52. The second-order valence-corrected chi connectivity index (χ2v) is 4.06. The summed E-state index contributed by atoms with van der Waals surface area (Å²) >= 11 is 3.30. The number of nitro benzene ring substituents is 1. The van der Waals surface area contributed by atoms with Crippen molar-refractivity contribution in [3.63, 3.8) is 0 Å². The van der Waals surface area contributed by atoms with Gasteiger partial charge >= 0.3 is 0 Å². The van der Waals surface area contributed by atoms with Gasteiger partial charge in [0.15, 0.2) is 0 Å². The quantitative estimate of drug-likeness (QED) is 0.521. The molecule has 5 heteroatoms. The number of hydrogen-bond donors (Lipinski definition) is 1. The van der Waals surface area contributed by atoms with Crippen molar-refractivity contribution in [2.24, 2.45) is 0 Å². The molecule has 0 fully saturated rings. The Morgan fingerprint density at radius 3 is 2.73 bits per heavy atom. The van der Waals surface area contributed by atoms with Crippen molar-refractivity contribution in [2.75, 3.05) is 5.33 Å². The summed E-state index contributed by atoms with van der Waals surface area (Å²) in [4.78, 5) is 10.2. The third kappa shape index (κ3) is 3.00. The number of nitrogens with zero attached hydrogens (tertiary/aromatic N) is 1. The van der Waals surface area contributed by atoms with E-state index in [0.717, 1.165) is 17.3 Å². The van der Waals surface area contributed by atoms with E-state index >= 15 is 0 Å². The Hall–Kier alpha value is -0.940. The molecule has 0 saturated heterocycles. The van der Waals surface area contributed by atoms with Crippen LogP contribution in [-0.4, -0.2) is 15.4 Å². The van der Waals surface area contributed by atoms with Crippen LogP contribution in [0.15, 0.2) is 18.2 Å². The Balaban J connectivity index is 3.15. The van der Waals surface area contributed by atoms with Gasteiger partial charge in [-0.1, -0.05) is 22.0 Å². The molecule has 1 aromatic carbocycles. The van der Waals surface area contributed by atoms with E-state index in [0.29, 0.717) is 5.56 Å². The highest BCUT2D eigenvalue weighted by Crippen LogP contribution is 2.26. The molecule has 0 aliphatic heterocycles. The summed E-state index contributed by atoms with van der Waals surface area (Å²) in [6.45, 7) is 1.53. The summed E-state index contributed by atoms with van der Waals surface area (Å²) < 4.78 is 0. The highest BCUT2D eigenvalue weighted by atomic mass is 79.9. The molecule has 0 spiro atoms. The van der Waals surface area contributed by atoms with Crippen LogP contribution >= 0.6 is 15.9 Å². The largest absolute Gasteiger partial charge is 0.388 e. The SMILES string of the molecule is CC(O)c1cc(CCBr)ccc1[N+](=O)[O-]. The van der Waals surface area contributed by atoms with Crippen LogP contribution in [0.4, 0.5) is 5.69 Å². The minimum Gasteiger partial charge on any atom is -0.388 e. The van der Waals surface area contributed by atoms with Crippen molar-refractivity contribution in [2.45, 2.75) is 19.4 Å². The predicted octanol–water partition coefficient (Wildman–Crippen LogP) is 2.59. The average Bonchev–Trinajstić information content (AvgIpc) is 2.17. The maximum Gasteiger partial charge on any atom is 0.275 e. The van der Waals surface area contributed by atoms with Gasteiger partial charge in [-0.05, 0) is 25.0 Å². The van der Waals surface area contributed by atoms with Crippen LogP contribution in [0.5, 0.6) is 0 Å². The molecule has 0 radical (unpaired) electrons. The molecule has 1 unspecified atom stereocenters. The van der Waals surface area contributed by atoms with E-state index in [-0.39, 0.29) is 5.69 Å². The van der Waals surface area contributed by atoms with Crippen LogP contribution < -0.4 is 0 Å². The molecule has 15 heavy (non-hydrogen) atoms. The molecule has 0 aromatic heterocycles. The van der Waals surface area contributed by atoms with Gasteiger partial charge in [-0.3, -0.25) is 10.1 Å². The van der Waals surface area contributed by atoms with Gasteiger partial charge in [-0.15, -0.1) is 0 Å². The van der Waals surface area contributed by atoms with Gasteiger partial charge in [0.2, 0.25) is 0 Å². The first kappa shape index (κ1) is 12.1. The normalized spacial score (nSPS) is 12.5. The molecule has 1 rings (SSSR count). The lowest BCUT2D eigenvalue weighted by molar-refractivity contribution is -0.386. The maximum atomic E-state index is 10.7. The summed E-state index contributed by atoms with van der Waals surface area (Å²) in [5.74, 6) is 0. The highest BCUT2D eigenvalue weighted by Gasteiger charge is 2.17. The Morgan fingerprint density at radius 1 is 1.60 bits per heavy atom. The third-order valence-electron chi connectivity index (χ3n) is 2.12. The minimum absolute atomic E-state index is 0.0247. The van der Waals surface area contributed by atoms with Crippen molar-refractivity contribution < 1.29 is 10.0 Å². The molecule has 1 aromatic rings. The number of alkyl halides is 1. The maximum absolute atomic E-state index is 10.7. The van der Waals surface area contributed by atoms with Gasteiger partial charge in [0.05, 0.1) is 16.6 Å². The molecule has 0 saturated carbocycles. The number of hydrogen-bond acceptors (Lipinski definition) is 3. The Kier molecular flexibility index (Phi) is 4.23. The van der Waals surface area contributed by atoms with Crippen molar-refractivity contribution in [3.05, 3.63) is 39.4 Å². The minimum atomic E-state index is -0.819. The van der Waals surface area contributed by atoms with Crippen LogP contribution in [0.1, 0.15) is 24.2 Å². The van der Waals surface area contributed by atoms with E-state index in [9.17, 15) is 15.2 Å². The topological polar surface area (TPSA) is 63.4 Å². The molecular formula is C10H12BrNO3. The zero-order valence-electron chi connectivity index (χ0n) is 8.31. The summed E-state index contributed by atoms with van der Waals surface area (Å²) in [7, 11) is 0. The lowest BCUT2D eigenvalue weighted by Gasteiger charge is -2.07. The summed E-state index contributed by atoms with van der Waals surface area (Å²) in [5.41, 5.74) is 1.33. The Morgan fingerprint density at radius 2 is 2.27 bits per heavy atom. The van der Waals surface area contributed by atoms with Crippen molar-refractivity contribution >= 4 is 21.6 Å². The van der Waals surface area contributed by atoms with Gasteiger partial charge in [0.1, 0.15) is 0 Å². The van der Waals surface area contributed by atoms with E-state index in [1.165, 1.54) is 13.0 Å². The van der Waals surface area contributed by atoms with Gasteiger partial charge in [-0.25, -0.2) is 0 Å². The molecule has 82 valence electrons. The number of halogens is 1. The van der Waals surface area contributed by atoms with E-state index in [1.807, 2.05) is 0 Å². The first-order valence-electron chi connectivity index (χ1n) is 4.57. The summed E-state index contributed by atoms with van der Waals surface area (Å²) in [6.07, 6.45) is -0.0294. The zero-order chi connectivity index (χ0) is 11.4. The average molecular weight is 274 g/mol. The molecular weight excluding hydrogens is 262 g/mol. The molecule has 0 aliphatic carbocycles. The van der Waals surface area contributed by atoms with Crippen LogP contribution in [0.2, 0.25) is 0 Å². The van der Waals surface area contributed by atoms with Crippen molar-refractivity contribution in [1.82, 2.24) is 0 Å². The van der Waals surface area contributed by atoms with E-state index in [1.54, 1.807) is 12.1 Å². The first-order valence-corrected chi connectivity index (χ1v) is 5.69. The smallest absolute Gasteiger partial charge is 0.275 e. The number of benzene rings is 1. The fraction of sp³-hybridized carbons (Fsp3) is 0.400. The Labute approximate surface area is 96.2 Å². The first-order chi connectivity index (χ1) is 7.06. The van der Waals surface area contributed by atoms with E-state index in [4.69, 9.17) is 0 Å². The lowest BCUT2D eigenvalue weighted by atomic mass is 10.0. The fourth-order valence-electron chi connectivity index (χ4n) is 1.37.